The molecule has 1 aromatic heterocycles. The molecule has 3 aromatic rings. The lowest BCUT2D eigenvalue weighted by Gasteiger charge is -2.31. The molecular weight excluding hydrogens is 584 g/mol. The third-order valence-electron chi connectivity index (χ3n) is 7.54. The zero-order valence-corrected chi connectivity index (χ0v) is 25.4. The molecule has 1 fully saturated rings. The van der Waals surface area contributed by atoms with Gasteiger partial charge in [0.25, 0.3) is 11.8 Å². The highest BCUT2D eigenvalue weighted by Gasteiger charge is 2.27. The molecule has 3 amide bonds. The van der Waals surface area contributed by atoms with Crippen LogP contribution in [0.4, 0.5) is 4.79 Å². The zero-order chi connectivity index (χ0) is 32.7. The molecule has 1 saturated heterocycles. The summed E-state index contributed by atoms with van der Waals surface area (Å²) in [6.07, 6.45) is 0.428. The predicted molar refractivity (Wildman–Crippen MR) is 162 cm³/mol. The number of ether oxygens (including phenoxy) is 1. The molecule has 1 aliphatic heterocycles. The normalized spacial score (nSPS) is 13.5. The van der Waals surface area contributed by atoms with Crippen LogP contribution in [-0.4, -0.2) is 91.6 Å². The molecule has 0 saturated carbocycles. The van der Waals surface area contributed by atoms with Crippen LogP contribution < -0.4 is 10.6 Å². The molecule has 0 aliphatic carbocycles. The van der Waals surface area contributed by atoms with Crippen LogP contribution in [-0.2, 0) is 9.53 Å². The molecule has 14 nitrogen and oxygen atoms in total. The standard InChI is InChI=1S/C31H38N6O8/c1-4-32-29(42)28-35-34-27(23-15-22(18(2)3)24(38)16-25(23)39)37(28)21-7-5-20(6-8-21)30(43)36-13-10-19(11-14-36)17-45-31(44)33-12-9-26(40)41/h5-8,15-16,18-19,38-39H,4,9-14,17H2,1-3H3,(H,32,42)(H,33,44)(H,40,41). The maximum atomic E-state index is 13.3. The number of alkyl carbamates (subject to hydrolysis) is 1. The third-order valence-corrected chi connectivity index (χ3v) is 7.54. The van der Waals surface area contributed by atoms with Crippen molar-refractivity contribution in [3.05, 3.63) is 53.3 Å². The van der Waals surface area contributed by atoms with Crippen LogP contribution in [0, 0.1) is 5.92 Å². The summed E-state index contributed by atoms with van der Waals surface area (Å²) in [7, 11) is 0. The molecule has 0 unspecified atom stereocenters. The zero-order valence-electron chi connectivity index (χ0n) is 25.4. The fourth-order valence-electron chi connectivity index (χ4n) is 5.08. The van der Waals surface area contributed by atoms with Gasteiger partial charge < -0.3 is 35.6 Å². The molecule has 0 spiro atoms. The second-order valence-corrected chi connectivity index (χ2v) is 11.1. The summed E-state index contributed by atoms with van der Waals surface area (Å²) in [5.74, 6) is -1.73. The summed E-state index contributed by atoms with van der Waals surface area (Å²) >= 11 is 0. The number of carboxylic acids is 1. The van der Waals surface area contributed by atoms with Gasteiger partial charge in [-0.3, -0.25) is 19.0 Å². The number of rotatable bonds is 11. The fourth-order valence-corrected chi connectivity index (χ4v) is 5.08. The number of aliphatic carboxylic acids is 1. The molecule has 2 heterocycles. The molecule has 240 valence electrons. The number of phenolic OH excluding ortho intramolecular Hbond substituents is 2. The number of aromatic nitrogens is 3. The number of likely N-dealkylation sites (tertiary alicyclic amines) is 1. The minimum Gasteiger partial charge on any atom is -0.508 e. The van der Waals surface area contributed by atoms with E-state index in [9.17, 15) is 29.4 Å². The molecular formula is C31H38N6O8. The first-order valence-electron chi connectivity index (χ1n) is 14.8. The van der Waals surface area contributed by atoms with Crippen molar-refractivity contribution in [3.8, 4) is 28.6 Å². The van der Waals surface area contributed by atoms with Crippen LogP contribution in [0.5, 0.6) is 11.5 Å². The van der Waals surface area contributed by atoms with Crippen LogP contribution in [0.25, 0.3) is 17.1 Å². The van der Waals surface area contributed by atoms with Gasteiger partial charge in [-0.15, -0.1) is 10.2 Å². The average Bonchev–Trinajstić information content (AvgIpc) is 3.45. The number of hydrogen-bond donors (Lipinski definition) is 5. The molecule has 1 aliphatic rings. The van der Waals surface area contributed by atoms with Crippen LogP contribution in [0.1, 0.15) is 72.5 Å². The van der Waals surface area contributed by atoms with E-state index in [0.29, 0.717) is 49.3 Å². The number of aromatic hydroxyl groups is 2. The first-order valence-corrected chi connectivity index (χ1v) is 14.8. The van der Waals surface area contributed by atoms with Crippen LogP contribution >= 0.6 is 0 Å². The smallest absolute Gasteiger partial charge is 0.407 e. The van der Waals surface area contributed by atoms with E-state index in [1.807, 2.05) is 13.8 Å². The maximum absolute atomic E-state index is 13.3. The second kappa shape index (κ2) is 14.6. The van der Waals surface area contributed by atoms with E-state index < -0.39 is 18.0 Å². The van der Waals surface area contributed by atoms with Crippen molar-refractivity contribution in [2.75, 3.05) is 32.8 Å². The van der Waals surface area contributed by atoms with Crippen molar-refractivity contribution in [3.63, 3.8) is 0 Å². The Morgan fingerprint density at radius 2 is 1.69 bits per heavy atom. The number of benzene rings is 2. The van der Waals surface area contributed by atoms with Gasteiger partial charge in [0.1, 0.15) is 11.5 Å². The van der Waals surface area contributed by atoms with Crippen LogP contribution in [0.3, 0.4) is 0 Å². The summed E-state index contributed by atoms with van der Waals surface area (Å²) < 4.78 is 6.69. The quantitative estimate of drug-likeness (QED) is 0.212. The Balaban J connectivity index is 1.49. The van der Waals surface area contributed by atoms with Crippen molar-refractivity contribution in [2.24, 2.45) is 5.92 Å². The van der Waals surface area contributed by atoms with E-state index >= 15 is 0 Å². The van der Waals surface area contributed by atoms with Crippen molar-refractivity contribution in [1.82, 2.24) is 30.3 Å². The molecule has 14 heteroatoms. The molecule has 5 N–H and O–H groups in total. The van der Waals surface area contributed by atoms with Crippen LogP contribution in [0.15, 0.2) is 36.4 Å². The monoisotopic (exact) mass is 622 g/mol. The van der Waals surface area contributed by atoms with Gasteiger partial charge in [-0.25, -0.2) is 4.79 Å². The Labute approximate surface area is 260 Å². The third kappa shape index (κ3) is 7.88. The van der Waals surface area contributed by atoms with E-state index in [1.165, 1.54) is 10.6 Å². The van der Waals surface area contributed by atoms with Gasteiger partial charge in [-0.1, -0.05) is 13.8 Å². The van der Waals surface area contributed by atoms with E-state index in [2.05, 4.69) is 20.8 Å². The Morgan fingerprint density at radius 1 is 1.00 bits per heavy atom. The number of phenols is 2. The lowest BCUT2D eigenvalue weighted by molar-refractivity contribution is -0.136. The lowest BCUT2D eigenvalue weighted by atomic mass is 9.97. The van der Waals surface area contributed by atoms with Crippen molar-refractivity contribution in [1.29, 1.82) is 0 Å². The molecule has 0 bridgehead atoms. The molecule has 45 heavy (non-hydrogen) atoms. The second-order valence-electron chi connectivity index (χ2n) is 11.1. The number of carbonyl (C=O) groups is 4. The average molecular weight is 623 g/mol. The Bertz CT molecular complexity index is 1540. The summed E-state index contributed by atoms with van der Waals surface area (Å²) in [6.45, 7) is 7.06. The highest BCUT2D eigenvalue weighted by molar-refractivity contribution is 5.95. The first-order chi connectivity index (χ1) is 21.5. The number of hydrogen-bond acceptors (Lipinski definition) is 9. The van der Waals surface area contributed by atoms with Gasteiger partial charge in [-0.2, -0.15) is 0 Å². The lowest BCUT2D eigenvalue weighted by Crippen LogP contribution is -2.40. The van der Waals surface area contributed by atoms with E-state index in [0.717, 1.165) is 0 Å². The largest absolute Gasteiger partial charge is 0.508 e. The van der Waals surface area contributed by atoms with Gasteiger partial charge in [-0.05, 0) is 67.5 Å². The molecule has 0 radical (unpaired) electrons. The highest BCUT2D eigenvalue weighted by Crippen LogP contribution is 2.38. The van der Waals surface area contributed by atoms with Crippen molar-refractivity contribution < 1.29 is 39.2 Å². The Kier molecular flexibility index (Phi) is 10.6. The minimum atomic E-state index is -1.01. The molecule has 0 atom stereocenters. The molecule has 2 aromatic carbocycles. The van der Waals surface area contributed by atoms with Gasteiger partial charge in [0.15, 0.2) is 5.82 Å². The van der Waals surface area contributed by atoms with E-state index in [-0.39, 0.29) is 66.0 Å². The number of carboxylic acid groups (broad SMARTS) is 1. The van der Waals surface area contributed by atoms with Gasteiger partial charge in [0.05, 0.1) is 18.6 Å². The number of nitrogens with one attached hydrogen (secondary N) is 2. The highest BCUT2D eigenvalue weighted by atomic mass is 16.5. The number of nitrogens with zero attached hydrogens (tertiary/aromatic N) is 4. The predicted octanol–water partition coefficient (Wildman–Crippen LogP) is 3.27. The fraction of sp³-hybridized carbons (Fsp3) is 0.419. The van der Waals surface area contributed by atoms with Crippen LogP contribution in [0.2, 0.25) is 0 Å². The van der Waals surface area contributed by atoms with E-state index in [1.54, 1.807) is 42.2 Å². The van der Waals surface area contributed by atoms with Gasteiger partial charge in [0, 0.05) is 43.5 Å². The minimum absolute atomic E-state index is 0.00975. The SMILES string of the molecule is CCNC(=O)c1nnc(-c2cc(C(C)C)c(O)cc2O)n1-c1ccc(C(=O)N2CCC(COC(=O)NCCC(=O)O)CC2)cc1. The Morgan fingerprint density at radius 3 is 2.31 bits per heavy atom. The van der Waals surface area contributed by atoms with Crippen molar-refractivity contribution in [2.45, 2.75) is 46.0 Å². The summed E-state index contributed by atoms with van der Waals surface area (Å²) in [6, 6.07) is 9.51. The Hall–Kier alpha value is -5.14. The first kappa shape index (κ1) is 32.8. The maximum Gasteiger partial charge on any atom is 0.407 e. The van der Waals surface area contributed by atoms with Gasteiger partial charge in [0.2, 0.25) is 5.82 Å². The summed E-state index contributed by atoms with van der Waals surface area (Å²) in [4.78, 5) is 50.3. The topological polar surface area (TPSA) is 196 Å². The molecule has 4 rings (SSSR count). The number of amides is 3. The number of carbonyl (C=O) groups excluding carboxylic acids is 3. The summed E-state index contributed by atoms with van der Waals surface area (Å²) in [5, 5.41) is 43.2. The number of piperidine rings is 1. The van der Waals surface area contributed by atoms with Gasteiger partial charge >= 0.3 is 12.1 Å². The summed E-state index contributed by atoms with van der Waals surface area (Å²) in [5.41, 5.74) is 1.80. The van der Waals surface area contributed by atoms with E-state index in [4.69, 9.17) is 9.84 Å². The van der Waals surface area contributed by atoms with Crippen molar-refractivity contribution >= 4 is 23.9 Å².